The summed E-state index contributed by atoms with van der Waals surface area (Å²) < 4.78 is 53.7. The molecular formula is C60H72F2N8O8. The van der Waals surface area contributed by atoms with E-state index in [9.17, 15) is 19.2 Å². The number of allylic oxidation sites excluding steroid dienone is 4. The fourth-order valence-electron chi connectivity index (χ4n) is 14.1. The molecule has 414 valence electrons. The Morgan fingerprint density at radius 1 is 0.654 bits per heavy atom. The van der Waals surface area contributed by atoms with E-state index >= 15 is 8.78 Å². The van der Waals surface area contributed by atoms with Crippen molar-refractivity contribution in [1.82, 2.24) is 40.4 Å². The third kappa shape index (κ3) is 10.1. The molecule has 18 heteroatoms. The molecule has 0 spiro atoms. The molecule has 2 saturated carbocycles. The molecule has 3 aromatic carbocycles. The number of ether oxygens (including phenoxy) is 4. The molecule has 4 heterocycles. The number of fused-ring (bicyclic) bond motifs is 4. The lowest BCUT2D eigenvalue weighted by Gasteiger charge is -2.37. The number of carbonyl (C=O) groups is 4. The van der Waals surface area contributed by atoms with Gasteiger partial charge in [-0.15, -0.1) is 0 Å². The van der Waals surface area contributed by atoms with Crippen molar-refractivity contribution in [3.63, 3.8) is 0 Å². The van der Waals surface area contributed by atoms with Gasteiger partial charge in [0.1, 0.15) is 35.4 Å². The van der Waals surface area contributed by atoms with Gasteiger partial charge in [-0.3, -0.25) is 9.59 Å². The van der Waals surface area contributed by atoms with Crippen LogP contribution >= 0.6 is 0 Å². The molecule has 4 N–H and O–H groups in total. The minimum absolute atomic E-state index is 0.000577. The van der Waals surface area contributed by atoms with Crippen LogP contribution in [0.15, 0.2) is 71.6 Å². The third-order valence-electron chi connectivity index (χ3n) is 18.4. The van der Waals surface area contributed by atoms with Gasteiger partial charge >= 0.3 is 12.2 Å². The maximum atomic E-state index is 16.4. The van der Waals surface area contributed by atoms with Gasteiger partial charge < -0.3 is 49.3 Å². The predicted octanol–water partition coefficient (Wildman–Crippen LogP) is 10.6. The zero-order valence-electron chi connectivity index (χ0n) is 45.5. The van der Waals surface area contributed by atoms with Crippen LogP contribution in [0.1, 0.15) is 144 Å². The van der Waals surface area contributed by atoms with Crippen LogP contribution in [-0.2, 0) is 41.4 Å². The highest BCUT2D eigenvalue weighted by atomic mass is 19.1. The Morgan fingerprint density at radius 3 is 1.76 bits per heavy atom. The number of aromatic nitrogens is 4. The van der Waals surface area contributed by atoms with E-state index in [4.69, 9.17) is 28.9 Å². The molecule has 2 saturated heterocycles. The number of alkyl carbamates (subject to hydrolysis) is 2. The van der Waals surface area contributed by atoms with Crippen LogP contribution in [-0.4, -0.2) is 119 Å². The number of methoxy groups -OCH3 is 4. The van der Waals surface area contributed by atoms with Crippen LogP contribution in [0, 0.1) is 17.7 Å². The summed E-state index contributed by atoms with van der Waals surface area (Å²) in [7, 11) is 5.57. The van der Waals surface area contributed by atoms with Crippen molar-refractivity contribution < 1.29 is 46.9 Å². The lowest BCUT2D eigenvalue weighted by Crippen LogP contribution is -2.56. The number of nitrogens with one attached hydrogen (secondary N) is 4. The Kier molecular flexibility index (Phi) is 15.2. The number of hydrogen-bond acceptors (Lipinski definition) is 10. The summed E-state index contributed by atoms with van der Waals surface area (Å²) in [6.07, 6.45) is 10.6. The standard InChI is InChI=1S/C60H72F2N8O8/c1-31(75-3)53(67-59(73)77-5)57(71)69-49-13-9-7-11-39(49)29-51(69)55-63-45-21-19-35(27-47(45)65-55)41-23-37-18-16-34-26-44(62)38(17-15-33(41)25-43(37)61)24-42(34)36-20-22-46-48(28-36)66-56(64-46)52-30-40-12-8-10-14-50(40)70(52)58(72)54(32(2)76-4)68-60(74)78-6/h19-23,25-28,31-32,39-40,42,49-54H,7-18,24,29-30H2,1-6H3,(H,63,65)(H,64,66)(H,67,73)(H,68,74)/t31-,32-,39+,40+,42-,49+,50+,51+,52+,53+,54+/m1/s1. The van der Waals surface area contributed by atoms with Gasteiger partial charge in [-0.2, -0.15) is 0 Å². The summed E-state index contributed by atoms with van der Waals surface area (Å²) in [6, 6.07) is 13.1. The van der Waals surface area contributed by atoms with Gasteiger partial charge in [-0.25, -0.2) is 28.3 Å². The second-order valence-electron chi connectivity index (χ2n) is 22.6. The number of likely N-dealkylation sites (tertiary alicyclic amines) is 2. The van der Waals surface area contributed by atoms with Gasteiger partial charge in [-0.1, -0.05) is 43.4 Å². The predicted molar refractivity (Wildman–Crippen MR) is 289 cm³/mol. The van der Waals surface area contributed by atoms with Crippen LogP contribution in [0.4, 0.5) is 18.4 Å². The average molecular weight is 1070 g/mol. The molecule has 9 aliphatic rings. The SMILES string of the molecule is COC(=O)N[C@H](C(=O)N1[C@H](c2nc3cc(-c4cc5c(F)cc4CCC4=C(F)C=C(CC5)[C@H](c5ccc6[nH]c([C@@H]7C[C@@H]8CCCC[C@@H]8N7C(=O)[C@@H](NC(=O)OC)[C@@H](C)OC)nc6c5)C4)ccc3[nH]2)C[C@@H]2CCCC[C@@H]21)[C@@H](C)OC. The van der Waals surface area contributed by atoms with Crippen molar-refractivity contribution in [3.8, 4) is 11.1 Å². The number of aryl methyl sites for hydroxylation is 2. The Bertz CT molecular complexity index is 3190. The van der Waals surface area contributed by atoms with Gasteiger partial charge in [0.05, 0.1) is 60.6 Å². The smallest absolute Gasteiger partial charge is 0.407 e. The van der Waals surface area contributed by atoms with Gasteiger partial charge in [0, 0.05) is 32.2 Å². The van der Waals surface area contributed by atoms with E-state index in [1.54, 1.807) is 26.0 Å². The zero-order valence-corrected chi connectivity index (χ0v) is 45.5. The number of amides is 4. The molecule has 11 atom stereocenters. The number of benzene rings is 3. The molecular weight excluding hydrogens is 999 g/mol. The first-order valence-corrected chi connectivity index (χ1v) is 28.0. The van der Waals surface area contributed by atoms with Crippen molar-refractivity contribution in [1.29, 1.82) is 0 Å². The van der Waals surface area contributed by atoms with E-state index in [1.165, 1.54) is 28.4 Å². The summed E-state index contributed by atoms with van der Waals surface area (Å²) in [5.74, 6) is 0.803. The van der Waals surface area contributed by atoms with Crippen LogP contribution < -0.4 is 10.6 Å². The van der Waals surface area contributed by atoms with E-state index in [2.05, 4.69) is 32.7 Å². The summed E-state index contributed by atoms with van der Waals surface area (Å²) in [5.41, 5.74) is 8.71. The molecule has 16 nitrogen and oxygen atoms in total. The monoisotopic (exact) mass is 1070 g/mol. The Morgan fingerprint density at radius 2 is 1.19 bits per heavy atom. The number of hydrogen-bond donors (Lipinski definition) is 4. The molecule has 0 radical (unpaired) electrons. The summed E-state index contributed by atoms with van der Waals surface area (Å²) in [5, 5.41) is 5.46. The van der Waals surface area contributed by atoms with E-state index in [0.717, 1.165) is 109 Å². The minimum atomic E-state index is -0.959. The van der Waals surface area contributed by atoms with Gasteiger partial charge in [0.2, 0.25) is 11.8 Å². The number of imidazole rings is 2. The number of H-pyrrole nitrogens is 2. The normalized spacial score (nSPS) is 25.6. The highest BCUT2D eigenvalue weighted by Crippen LogP contribution is 2.49. The highest BCUT2D eigenvalue weighted by molar-refractivity contribution is 5.89. The van der Waals surface area contributed by atoms with Crippen molar-refractivity contribution in [2.24, 2.45) is 11.8 Å². The molecule has 7 aliphatic carbocycles. The number of aromatic amines is 2. The molecule has 2 aliphatic heterocycles. The van der Waals surface area contributed by atoms with Gasteiger partial charge in [-0.05, 0) is 172 Å². The second kappa shape index (κ2) is 22.2. The molecule has 5 aromatic rings. The first kappa shape index (κ1) is 53.3. The Hall–Kier alpha value is -6.66. The summed E-state index contributed by atoms with van der Waals surface area (Å²) in [4.78, 5) is 75.4. The molecule has 14 rings (SSSR count). The molecule has 4 bridgehead atoms. The number of nitrogens with zero attached hydrogens (tertiary/aromatic N) is 4. The van der Waals surface area contributed by atoms with Crippen molar-refractivity contribution in [2.75, 3.05) is 28.4 Å². The zero-order chi connectivity index (χ0) is 54.5. The van der Waals surface area contributed by atoms with Crippen molar-refractivity contribution in [3.05, 3.63) is 106 Å². The van der Waals surface area contributed by atoms with Crippen LogP contribution in [0.25, 0.3) is 33.2 Å². The van der Waals surface area contributed by atoms with Crippen LogP contribution in [0.5, 0.6) is 0 Å². The fraction of sp³-hybridized carbons (Fsp3) is 0.533. The number of carbonyl (C=O) groups excluding carboxylic acids is 4. The molecule has 4 fully saturated rings. The van der Waals surface area contributed by atoms with Gasteiger partial charge in [0.25, 0.3) is 0 Å². The van der Waals surface area contributed by atoms with Crippen molar-refractivity contribution in [2.45, 2.75) is 165 Å². The lowest BCUT2D eigenvalue weighted by atomic mass is 9.77. The van der Waals surface area contributed by atoms with E-state index in [-0.39, 0.29) is 59.5 Å². The maximum absolute atomic E-state index is 16.4. The summed E-state index contributed by atoms with van der Waals surface area (Å²) >= 11 is 0. The maximum Gasteiger partial charge on any atom is 0.407 e. The quantitative estimate of drug-likeness (QED) is 0.0934. The number of halogens is 2. The minimum Gasteiger partial charge on any atom is -0.453 e. The molecule has 4 amide bonds. The van der Waals surface area contributed by atoms with E-state index < -0.39 is 36.5 Å². The largest absolute Gasteiger partial charge is 0.453 e. The Labute approximate surface area is 453 Å². The lowest BCUT2D eigenvalue weighted by molar-refractivity contribution is -0.141. The van der Waals surface area contributed by atoms with Crippen LogP contribution in [0.3, 0.4) is 0 Å². The first-order valence-electron chi connectivity index (χ1n) is 28.0. The molecule has 0 unspecified atom stereocenters. The second-order valence-corrected chi connectivity index (χ2v) is 22.6. The van der Waals surface area contributed by atoms with Gasteiger partial charge in [0.15, 0.2) is 0 Å². The first-order chi connectivity index (χ1) is 37.7. The summed E-state index contributed by atoms with van der Waals surface area (Å²) in [6.45, 7) is 3.52. The topological polar surface area (TPSA) is 193 Å². The van der Waals surface area contributed by atoms with Crippen LogP contribution in [0.2, 0.25) is 0 Å². The fourth-order valence-corrected chi connectivity index (χ4v) is 14.1. The number of rotatable bonds is 12. The van der Waals surface area contributed by atoms with E-state index in [0.29, 0.717) is 66.3 Å². The third-order valence-corrected chi connectivity index (χ3v) is 18.4. The molecule has 78 heavy (non-hydrogen) atoms. The Balaban J connectivity index is 0.856. The van der Waals surface area contributed by atoms with E-state index in [1.807, 2.05) is 40.1 Å². The highest BCUT2D eigenvalue weighted by Gasteiger charge is 2.50. The molecule has 2 aromatic heterocycles. The average Bonchev–Trinajstić information content (AvgIpc) is 4.32. The van der Waals surface area contributed by atoms with Crippen molar-refractivity contribution >= 4 is 46.1 Å².